The van der Waals surface area contributed by atoms with E-state index in [0.29, 0.717) is 69.7 Å². The average molecular weight is 456 g/mol. The number of nitrogens with zero attached hydrogens (tertiary/aromatic N) is 3. The predicted octanol–water partition coefficient (Wildman–Crippen LogP) is 2.03. The van der Waals surface area contributed by atoms with Crippen molar-refractivity contribution in [2.45, 2.75) is 74.6 Å². The molecule has 6 atom stereocenters. The maximum atomic E-state index is 13.8. The molecule has 2 aliphatic heterocycles. The van der Waals surface area contributed by atoms with Gasteiger partial charge >= 0.3 is 0 Å². The molecule has 2 heterocycles. The molecule has 6 unspecified atom stereocenters. The van der Waals surface area contributed by atoms with Gasteiger partial charge in [-0.3, -0.25) is 14.5 Å². The van der Waals surface area contributed by atoms with Crippen LogP contribution in [0.5, 0.6) is 0 Å². The molecule has 2 saturated heterocycles. The van der Waals surface area contributed by atoms with E-state index in [1.54, 1.807) is 4.90 Å². The molecule has 0 aromatic heterocycles. The smallest absolute Gasteiger partial charge is 0.254 e. The third-order valence-corrected chi connectivity index (χ3v) is 9.07. The van der Waals surface area contributed by atoms with Gasteiger partial charge in [-0.2, -0.15) is 0 Å². The van der Waals surface area contributed by atoms with Crippen LogP contribution < -0.4 is 0 Å². The zero-order valence-corrected chi connectivity index (χ0v) is 19.0. The lowest BCUT2D eigenvalue weighted by Crippen LogP contribution is -2.55. The summed E-state index contributed by atoms with van der Waals surface area (Å²) in [6, 6.07) is 0.406. The van der Waals surface area contributed by atoms with Crippen molar-refractivity contribution < 1.29 is 19.1 Å². The molecule has 5 fully saturated rings. The average Bonchev–Trinajstić information content (AvgIpc) is 3.38. The summed E-state index contributed by atoms with van der Waals surface area (Å²) in [4.78, 5) is 31.5. The van der Waals surface area contributed by atoms with E-state index in [4.69, 9.17) is 11.6 Å². The summed E-state index contributed by atoms with van der Waals surface area (Å²) >= 11 is 6.76. The molecule has 0 aromatic rings. The van der Waals surface area contributed by atoms with Gasteiger partial charge in [0.15, 0.2) is 0 Å². The first-order chi connectivity index (χ1) is 14.8. The van der Waals surface area contributed by atoms with Crippen LogP contribution >= 0.6 is 11.6 Å². The second-order valence-corrected chi connectivity index (χ2v) is 11.2. The summed E-state index contributed by atoms with van der Waals surface area (Å²) < 4.78 is 13.8. The lowest BCUT2D eigenvalue weighted by molar-refractivity contribution is -0.148. The van der Waals surface area contributed by atoms with Crippen molar-refractivity contribution in [2.24, 2.45) is 17.8 Å². The van der Waals surface area contributed by atoms with E-state index in [2.05, 4.69) is 4.90 Å². The van der Waals surface area contributed by atoms with E-state index in [1.165, 1.54) is 0 Å². The molecule has 6 nitrogen and oxygen atoms in total. The normalized spacial score (nSPS) is 40.5. The minimum atomic E-state index is -1.13. The second-order valence-electron chi connectivity index (χ2n) is 10.6. The summed E-state index contributed by atoms with van der Waals surface area (Å²) in [5, 5.41) is 9.88. The topological polar surface area (TPSA) is 64.1 Å². The van der Waals surface area contributed by atoms with Gasteiger partial charge in [0.25, 0.3) is 5.91 Å². The van der Waals surface area contributed by atoms with Gasteiger partial charge in [0.2, 0.25) is 5.91 Å². The Hall–Kier alpha value is -0.920. The molecule has 0 aromatic carbocycles. The molecule has 0 bridgehead atoms. The van der Waals surface area contributed by atoms with Crippen LogP contribution in [0.1, 0.15) is 51.4 Å². The van der Waals surface area contributed by atoms with Crippen molar-refractivity contribution in [3.8, 4) is 0 Å². The number of hydrogen-bond donors (Lipinski definition) is 1. The summed E-state index contributed by atoms with van der Waals surface area (Å²) in [7, 11) is 0. The van der Waals surface area contributed by atoms with Crippen LogP contribution in [0.3, 0.4) is 0 Å². The van der Waals surface area contributed by atoms with Crippen LogP contribution in [0.4, 0.5) is 4.39 Å². The van der Waals surface area contributed by atoms with Gasteiger partial charge in [-0.05, 0) is 63.2 Å². The summed E-state index contributed by atoms with van der Waals surface area (Å²) in [6.45, 7) is 4.06. The van der Waals surface area contributed by atoms with Gasteiger partial charge in [0.05, 0.1) is 5.92 Å². The van der Waals surface area contributed by atoms with E-state index in [9.17, 15) is 19.1 Å². The minimum absolute atomic E-state index is 0.117. The highest BCUT2D eigenvalue weighted by atomic mass is 35.5. The van der Waals surface area contributed by atoms with Crippen molar-refractivity contribution >= 4 is 23.4 Å². The Balaban J connectivity index is 1.11. The lowest BCUT2D eigenvalue weighted by Gasteiger charge is -2.41. The van der Waals surface area contributed by atoms with Gasteiger partial charge in [-0.15, -0.1) is 11.6 Å². The summed E-state index contributed by atoms with van der Waals surface area (Å²) in [6.07, 6.45) is 5.51. The fraction of sp³-hybridized carbons (Fsp3) is 0.913. The number of carbonyl (C=O) groups excluding carboxylic acids is 2. The van der Waals surface area contributed by atoms with E-state index < -0.39 is 11.8 Å². The van der Waals surface area contributed by atoms with E-state index in [1.807, 2.05) is 4.90 Å². The molecule has 1 N–H and O–H groups in total. The van der Waals surface area contributed by atoms with Crippen LogP contribution in [-0.4, -0.2) is 94.1 Å². The molecular weight excluding hydrogens is 421 g/mol. The molecule has 3 aliphatic carbocycles. The van der Waals surface area contributed by atoms with Gasteiger partial charge < -0.3 is 14.9 Å². The minimum Gasteiger partial charge on any atom is -0.380 e. The number of amides is 2. The molecule has 5 aliphatic rings. The van der Waals surface area contributed by atoms with E-state index in [0.717, 1.165) is 38.8 Å². The Morgan fingerprint density at radius 2 is 1.58 bits per heavy atom. The van der Waals surface area contributed by atoms with Gasteiger partial charge in [-0.1, -0.05) is 0 Å². The molecule has 174 valence electrons. The molecule has 3 saturated carbocycles. The Bertz CT molecular complexity index is 712. The predicted molar refractivity (Wildman–Crippen MR) is 115 cm³/mol. The zero-order valence-electron chi connectivity index (χ0n) is 18.2. The standard InChI is InChI=1S/C23H35ClFN3O3/c24-20-12-18(28-13-15-1-2-17(25)11-16(15)14-28)3-4-19(20)21(29)26-7-9-27(10-8-26)22(30)23(31)5-6-23/h15-20,31H,1-14H2. The summed E-state index contributed by atoms with van der Waals surface area (Å²) in [5.74, 6) is 0.900. The quantitative estimate of drug-likeness (QED) is 0.661. The maximum absolute atomic E-state index is 13.8. The fourth-order valence-electron chi connectivity index (χ4n) is 6.40. The highest BCUT2D eigenvalue weighted by molar-refractivity contribution is 6.22. The monoisotopic (exact) mass is 455 g/mol. The Labute approximate surface area is 189 Å². The van der Waals surface area contributed by atoms with Gasteiger partial charge in [-0.25, -0.2) is 4.39 Å². The Morgan fingerprint density at radius 1 is 0.903 bits per heavy atom. The van der Waals surface area contributed by atoms with Crippen LogP contribution in [0.2, 0.25) is 0 Å². The number of piperazine rings is 1. The number of likely N-dealkylation sites (tertiary alicyclic amines) is 1. The number of fused-ring (bicyclic) bond motifs is 1. The highest BCUT2D eigenvalue weighted by Crippen LogP contribution is 2.41. The van der Waals surface area contributed by atoms with Crippen molar-refractivity contribution in [3.63, 3.8) is 0 Å². The SMILES string of the molecule is O=C(C1CCC(N2CC3CCC(F)CC3C2)CC1Cl)N1CCN(C(=O)C2(O)CC2)CC1. The van der Waals surface area contributed by atoms with Crippen LogP contribution in [0.25, 0.3) is 0 Å². The summed E-state index contributed by atoms with van der Waals surface area (Å²) in [5.41, 5.74) is -1.13. The third-order valence-electron chi connectivity index (χ3n) is 8.59. The number of carbonyl (C=O) groups is 2. The molecule has 0 radical (unpaired) electrons. The van der Waals surface area contributed by atoms with Crippen LogP contribution in [-0.2, 0) is 9.59 Å². The Kier molecular flexibility index (Phi) is 5.97. The lowest BCUT2D eigenvalue weighted by atomic mass is 9.81. The van der Waals surface area contributed by atoms with Crippen molar-refractivity contribution in [1.82, 2.24) is 14.7 Å². The van der Waals surface area contributed by atoms with E-state index >= 15 is 0 Å². The highest BCUT2D eigenvalue weighted by Gasteiger charge is 2.51. The number of alkyl halides is 2. The second kappa shape index (κ2) is 8.45. The molecular formula is C23H35ClFN3O3. The Morgan fingerprint density at radius 3 is 2.26 bits per heavy atom. The molecule has 8 heteroatoms. The molecule has 0 spiro atoms. The van der Waals surface area contributed by atoms with Crippen molar-refractivity contribution in [1.29, 1.82) is 0 Å². The first-order valence-electron chi connectivity index (χ1n) is 12.2. The zero-order chi connectivity index (χ0) is 21.8. The molecule has 31 heavy (non-hydrogen) atoms. The first-order valence-corrected chi connectivity index (χ1v) is 12.6. The van der Waals surface area contributed by atoms with Gasteiger partial charge in [0.1, 0.15) is 11.8 Å². The maximum Gasteiger partial charge on any atom is 0.254 e. The number of halogens is 2. The van der Waals surface area contributed by atoms with Gasteiger partial charge in [0, 0.05) is 50.7 Å². The number of hydrogen-bond acceptors (Lipinski definition) is 4. The largest absolute Gasteiger partial charge is 0.380 e. The van der Waals surface area contributed by atoms with Crippen molar-refractivity contribution in [3.05, 3.63) is 0 Å². The van der Waals surface area contributed by atoms with E-state index in [-0.39, 0.29) is 23.1 Å². The number of rotatable bonds is 3. The van der Waals surface area contributed by atoms with Crippen molar-refractivity contribution in [2.75, 3.05) is 39.3 Å². The van der Waals surface area contributed by atoms with Crippen LogP contribution in [0, 0.1) is 17.8 Å². The molecule has 5 rings (SSSR count). The fourth-order valence-corrected chi connectivity index (χ4v) is 6.84. The number of aliphatic hydroxyl groups is 1. The van der Waals surface area contributed by atoms with Crippen LogP contribution in [0.15, 0.2) is 0 Å². The first kappa shape index (κ1) is 21.9. The third kappa shape index (κ3) is 4.34. The molecule has 2 amide bonds.